The molecule has 1 fully saturated rings. The summed E-state index contributed by atoms with van der Waals surface area (Å²) in [6.45, 7) is 2.30. The first-order valence-corrected chi connectivity index (χ1v) is 6.32. The number of benzene rings is 1. The van der Waals surface area contributed by atoms with Gasteiger partial charge in [0.2, 0.25) is 0 Å². The number of likely N-dealkylation sites (N-methyl/N-ethyl adjacent to an activating group) is 1. The van der Waals surface area contributed by atoms with Gasteiger partial charge in [-0.3, -0.25) is 0 Å². The van der Waals surface area contributed by atoms with Crippen LogP contribution in [0.25, 0.3) is 0 Å². The highest BCUT2D eigenvalue weighted by Crippen LogP contribution is 2.19. The lowest BCUT2D eigenvalue weighted by atomic mass is 9.87. The Bertz CT molecular complexity index is 306. The van der Waals surface area contributed by atoms with Gasteiger partial charge in [-0.15, -0.1) is 24.8 Å². The number of nitrogens with one attached hydrogen (secondary N) is 2. The summed E-state index contributed by atoms with van der Waals surface area (Å²) in [5, 5.41) is 6.88. The second-order valence-corrected chi connectivity index (χ2v) is 4.67. The lowest BCUT2D eigenvalue weighted by molar-refractivity contribution is 0.275. The zero-order valence-electron chi connectivity index (χ0n) is 10.9. The molecule has 1 aromatic rings. The van der Waals surface area contributed by atoms with Crippen molar-refractivity contribution in [2.75, 3.05) is 20.1 Å². The van der Waals surface area contributed by atoms with E-state index in [1.54, 1.807) is 0 Å². The Morgan fingerprint density at radius 2 is 1.94 bits per heavy atom. The third-order valence-electron chi connectivity index (χ3n) is 3.64. The first-order valence-electron chi connectivity index (χ1n) is 6.32. The normalized spacial score (nSPS) is 22.7. The molecule has 18 heavy (non-hydrogen) atoms. The van der Waals surface area contributed by atoms with Gasteiger partial charge in [-0.05, 0) is 44.3 Å². The third-order valence-corrected chi connectivity index (χ3v) is 3.64. The molecule has 1 aliphatic rings. The van der Waals surface area contributed by atoms with Crippen molar-refractivity contribution in [3.8, 4) is 0 Å². The van der Waals surface area contributed by atoms with Crippen LogP contribution in [0.5, 0.6) is 0 Å². The summed E-state index contributed by atoms with van der Waals surface area (Å²) < 4.78 is 0. The van der Waals surface area contributed by atoms with Crippen molar-refractivity contribution >= 4 is 24.8 Å². The van der Waals surface area contributed by atoms with Gasteiger partial charge in [0, 0.05) is 12.6 Å². The van der Waals surface area contributed by atoms with Crippen molar-refractivity contribution < 1.29 is 0 Å². The van der Waals surface area contributed by atoms with E-state index in [4.69, 9.17) is 0 Å². The van der Waals surface area contributed by atoms with Crippen LogP contribution in [-0.4, -0.2) is 26.2 Å². The molecule has 2 rings (SSSR count). The fraction of sp³-hybridized carbons (Fsp3) is 0.571. The summed E-state index contributed by atoms with van der Waals surface area (Å²) in [6.07, 6.45) is 3.82. The Morgan fingerprint density at radius 1 is 1.22 bits per heavy atom. The third kappa shape index (κ3) is 5.15. The van der Waals surface area contributed by atoms with Crippen LogP contribution in [0.15, 0.2) is 30.3 Å². The topological polar surface area (TPSA) is 24.1 Å². The molecule has 1 aromatic carbocycles. The van der Waals surface area contributed by atoms with Crippen LogP contribution in [0.2, 0.25) is 0 Å². The molecule has 0 aliphatic carbocycles. The molecule has 0 spiro atoms. The number of aryl methyl sites for hydroxylation is 1. The van der Waals surface area contributed by atoms with Crippen molar-refractivity contribution in [2.24, 2.45) is 5.92 Å². The molecule has 0 radical (unpaired) electrons. The van der Waals surface area contributed by atoms with E-state index in [-0.39, 0.29) is 24.8 Å². The second kappa shape index (κ2) is 9.62. The number of halogens is 2. The Balaban J connectivity index is 0.00000144. The van der Waals surface area contributed by atoms with Gasteiger partial charge in [-0.2, -0.15) is 0 Å². The van der Waals surface area contributed by atoms with Crippen molar-refractivity contribution in [1.29, 1.82) is 0 Å². The Kier molecular flexibility index (Phi) is 9.47. The molecule has 2 atom stereocenters. The van der Waals surface area contributed by atoms with E-state index in [1.807, 2.05) is 0 Å². The van der Waals surface area contributed by atoms with Crippen LogP contribution in [0, 0.1) is 5.92 Å². The van der Waals surface area contributed by atoms with E-state index in [9.17, 15) is 0 Å². The summed E-state index contributed by atoms with van der Waals surface area (Å²) in [6, 6.07) is 11.5. The number of piperidine rings is 1. The summed E-state index contributed by atoms with van der Waals surface area (Å²) in [5.41, 5.74) is 1.47. The molecular formula is C14H24Cl2N2. The average molecular weight is 291 g/mol. The van der Waals surface area contributed by atoms with Gasteiger partial charge < -0.3 is 10.6 Å². The van der Waals surface area contributed by atoms with E-state index in [0.717, 1.165) is 12.5 Å². The molecule has 1 heterocycles. The molecule has 4 heteroatoms. The lowest BCUT2D eigenvalue weighted by Gasteiger charge is -2.32. The van der Waals surface area contributed by atoms with Crippen molar-refractivity contribution in [3.63, 3.8) is 0 Å². The van der Waals surface area contributed by atoms with E-state index in [2.05, 4.69) is 48.0 Å². The van der Waals surface area contributed by atoms with Gasteiger partial charge in [-0.1, -0.05) is 30.3 Å². The van der Waals surface area contributed by atoms with Gasteiger partial charge in [0.05, 0.1) is 0 Å². The summed E-state index contributed by atoms with van der Waals surface area (Å²) in [5.74, 6) is 0.825. The number of rotatable bonds is 4. The lowest BCUT2D eigenvalue weighted by Crippen LogP contribution is -2.47. The summed E-state index contributed by atoms with van der Waals surface area (Å²) >= 11 is 0. The quantitative estimate of drug-likeness (QED) is 0.891. The molecule has 104 valence electrons. The molecule has 2 unspecified atom stereocenters. The second-order valence-electron chi connectivity index (χ2n) is 4.67. The van der Waals surface area contributed by atoms with Crippen molar-refractivity contribution in [2.45, 2.75) is 25.3 Å². The number of hydrogen-bond donors (Lipinski definition) is 2. The highest BCUT2D eigenvalue weighted by atomic mass is 35.5. The van der Waals surface area contributed by atoms with Gasteiger partial charge in [0.15, 0.2) is 0 Å². The summed E-state index contributed by atoms with van der Waals surface area (Å²) in [4.78, 5) is 0. The molecule has 0 amide bonds. The molecule has 1 saturated heterocycles. The fourth-order valence-corrected chi connectivity index (χ4v) is 2.59. The van der Waals surface area contributed by atoms with Gasteiger partial charge >= 0.3 is 0 Å². The maximum Gasteiger partial charge on any atom is 0.0218 e. The number of hydrogen-bond acceptors (Lipinski definition) is 2. The van der Waals surface area contributed by atoms with E-state index in [1.165, 1.54) is 31.4 Å². The van der Waals surface area contributed by atoms with Gasteiger partial charge in [-0.25, -0.2) is 0 Å². The first-order chi connectivity index (χ1) is 7.90. The van der Waals surface area contributed by atoms with Crippen molar-refractivity contribution in [1.82, 2.24) is 10.6 Å². The molecule has 2 N–H and O–H groups in total. The Hall–Kier alpha value is -0.280. The van der Waals surface area contributed by atoms with Crippen LogP contribution in [0.1, 0.15) is 18.4 Å². The monoisotopic (exact) mass is 290 g/mol. The van der Waals surface area contributed by atoms with E-state index >= 15 is 0 Å². The first kappa shape index (κ1) is 17.7. The zero-order chi connectivity index (χ0) is 11.2. The predicted molar refractivity (Wildman–Crippen MR) is 83.1 cm³/mol. The highest BCUT2D eigenvalue weighted by Gasteiger charge is 2.22. The van der Waals surface area contributed by atoms with E-state index < -0.39 is 0 Å². The van der Waals surface area contributed by atoms with Crippen LogP contribution in [0.3, 0.4) is 0 Å². The smallest absolute Gasteiger partial charge is 0.0218 e. The summed E-state index contributed by atoms with van der Waals surface area (Å²) in [7, 11) is 2.08. The molecule has 2 nitrogen and oxygen atoms in total. The zero-order valence-corrected chi connectivity index (χ0v) is 12.5. The van der Waals surface area contributed by atoms with Crippen LogP contribution in [0.4, 0.5) is 0 Å². The maximum atomic E-state index is 3.45. The standard InChI is InChI=1S/C14H22N2.2ClH/c1-15-14-11-16-10-9-13(14)8-7-12-5-3-2-4-6-12;;/h2-6,13-16H,7-11H2,1H3;2*1H. The molecule has 0 aromatic heterocycles. The minimum absolute atomic E-state index is 0. The van der Waals surface area contributed by atoms with Crippen molar-refractivity contribution in [3.05, 3.63) is 35.9 Å². The maximum absolute atomic E-state index is 3.45. The SMILES string of the molecule is CNC1CNCCC1CCc1ccccc1.Cl.Cl. The van der Waals surface area contributed by atoms with Gasteiger partial charge in [0.1, 0.15) is 0 Å². The van der Waals surface area contributed by atoms with Crippen LogP contribution >= 0.6 is 24.8 Å². The fourth-order valence-electron chi connectivity index (χ4n) is 2.59. The molecule has 0 bridgehead atoms. The van der Waals surface area contributed by atoms with Crippen LogP contribution in [-0.2, 0) is 6.42 Å². The Labute approximate surface area is 123 Å². The minimum atomic E-state index is 0. The molecular weight excluding hydrogens is 267 g/mol. The largest absolute Gasteiger partial charge is 0.315 e. The molecule has 1 aliphatic heterocycles. The minimum Gasteiger partial charge on any atom is -0.315 e. The predicted octanol–water partition coefficient (Wildman–Crippen LogP) is 2.66. The van der Waals surface area contributed by atoms with E-state index in [0.29, 0.717) is 6.04 Å². The van der Waals surface area contributed by atoms with Crippen LogP contribution < -0.4 is 10.6 Å². The average Bonchev–Trinajstić information content (AvgIpc) is 2.38. The highest BCUT2D eigenvalue weighted by molar-refractivity contribution is 5.85. The Morgan fingerprint density at radius 3 is 2.61 bits per heavy atom. The van der Waals surface area contributed by atoms with Gasteiger partial charge in [0.25, 0.3) is 0 Å². The molecule has 0 saturated carbocycles.